The van der Waals surface area contributed by atoms with E-state index in [1.54, 1.807) is 13.0 Å². The van der Waals surface area contributed by atoms with Gasteiger partial charge in [-0.15, -0.1) is 0 Å². The summed E-state index contributed by atoms with van der Waals surface area (Å²) in [4.78, 5) is 0.0668. The highest BCUT2D eigenvalue weighted by Gasteiger charge is 2.38. The van der Waals surface area contributed by atoms with Crippen LogP contribution in [0.1, 0.15) is 11.1 Å². The molecule has 6 nitrogen and oxygen atoms in total. The molecule has 2 rings (SSSR count). The summed E-state index contributed by atoms with van der Waals surface area (Å²) in [7, 11) is -7.23. The summed E-state index contributed by atoms with van der Waals surface area (Å²) in [5, 5.41) is 9.63. The predicted octanol–water partition coefficient (Wildman–Crippen LogP) is -0.260. The molecule has 112 valence electrons. The maximum atomic E-state index is 12.2. The van der Waals surface area contributed by atoms with Crippen molar-refractivity contribution in [1.29, 1.82) is 0 Å². The van der Waals surface area contributed by atoms with Crippen LogP contribution in [0.4, 0.5) is 0 Å². The van der Waals surface area contributed by atoms with Gasteiger partial charge in [-0.25, -0.2) is 21.6 Å². The molecule has 0 spiro atoms. The third-order valence-electron chi connectivity index (χ3n) is 3.42. The van der Waals surface area contributed by atoms with E-state index in [-0.39, 0.29) is 10.6 Å². The van der Waals surface area contributed by atoms with Gasteiger partial charge in [0.1, 0.15) is 0 Å². The Kier molecular flexibility index (Phi) is 3.94. The van der Waals surface area contributed by atoms with Crippen LogP contribution in [0.5, 0.6) is 0 Å². The highest BCUT2D eigenvalue weighted by atomic mass is 32.2. The Balaban J connectivity index is 2.26. The molecule has 0 aromatic heterocycles. The van der Waals surface area contributed by atoms with Crippen LogP contribution in [0.3, 0.4) is 0 Å². The molecule has 1 heterocycles. The Hall–Kier alpha value is -0.960. The second-order valence-electron chi connectivity index (χ2n) is 5.12. The topological polar surface area (TPSA) is 101 Å². The number of benzene rings is 1. The SMILES string of the molecule is Cc1ccc(S(=O)(=O)N[C@@H]2CS(=O)(=O)C[C@@H]2O)cc1C. The van der Waals surface area contributed by atoms with E-state index in [4.69, 9.17) is 0 Å². The largest absolute Gasteiger partial charge is 0.390 e. The first-order valence-electron chi connectivity index (χ1n) is 6.09. The lowest BCUT2D eigenvalue weighted by Crippen LogP contribution is -2.42. The molecule has 20 heavy (non-hydrogen) atoms. The smallest absolute Gasteiger partial charge is 0.240 e. The van der Waals surface area contributed by atoms with Gasteiger partial charge in [0.15, 0.2) is 9.84 Å². The summed E-state index contributed by atoms with van der Waals surface area (Å²) in [5.74, 6) is -0.786. The fourth-order valence-electron chi connectivity index (χ4n) is 2.09. The molecule has 0 amide bonds. The molecule has 1 aromatic rings. The Morgan fingerprint density at radius 1 is 1.20 bits per heavy atom. The number of sulfone groups is 1. The van der Waals surface area contributed by atoms with E-state index in [9.17, 15) is 21.9 Å². The summed E-state index contributed by atoms with van der Waals surface area (Å²) < 4.78 is 49.4. The van der Waals surface area contributed by atoms with E-state index in [1.807, 2.05) is 6.92 Å². The van der Waals surface area contributed by atoms with Crippen molar-refractivity contribution >= 4 is 19.9 Å². The molecular formula is C12H17NO5S2. The Morgan fingerprint density at radius 3 is 2.35 bits per heavy atom. The number of aryl methyl sites for hydroxylation is 2. The van der Waals surface area contributed by atoms with Crippen LogP contribution < -0.4 is 4.72 Å². The van der Waals surface area contributed by atoms with Gasteiger partial charge in [0.2, 0.25) is 10.0 Å². The zero-order chi connectivity index (χ0) is 15.1. The minimum Gasteiger partial charge on any atom is -0.390 e. The van der Waals surface area contributed by atoms with Gasteiger partial charge < -0.3 is 5.11 Å². The van der Waals surface area contributed by atoms with Crippen LogP contribution in [0.2, 0.25) is 0 Å². The highest BCUT2D eigenvalue weighted by molar-refractivity contribution is 7.92. The van der Waals surface area contributed by atoms with Crippen LogP contribution in [-0.2, 0) is 19.9 Å². The minimum atomic E-state index is -3.84. The van der Waals surface area contributed by atoms with Crippen LogP contribution in [0.15, 0.2) is 23.1 Å². The molecule has 0 bridgehead atoms. The third kappa shape index (κ3) is 3.20. The monoisotopic (exact) mass is 319 g/mol. The normalized spacial score (nSPS) is 25.8. The molecule has 1 aliphatic rings. The van der Waals surface area contributed by atoms with Crippen molar-refractivity contribution in [2.45, 2.75) is 30.9 Å². The van der Waals surface area contributed by atoms with Crippen LogP contribution in [0, 0.1) is 13.8 Å². The number of aliphatic hydroxyl groups excluding tert-OH is 1. The quantitative estimate of drug-likeness (QED) is 0.799. The molecule has 1 fully saturated rings. The molecule has 1 aliphatic heterocycles. The van der Waals surface area contributed by atoms with Gasteiger partial charge in [-0.3, -0.25) is 0 Å². The van der Waals surface area contributed by atoms with Crippen molar-refractivity contribution in [2.75, 3.05) is 11.5 Å². The van der Waals surface area contributed by atoms with Gasteiger partial charge in [0.05, 0.1) is 28.5 Å². The van der Waals surface area contributed by atoms with Crippen molar-refractivity contribution in [3.05, 3.63) is 29.3 Å². The Labute approximate surface area is 118 Å². The molecule has 2 N–H and O–H groups in total. The fourth-order valence-corrected chi connectivity index (χ4v) is 5.29. The highest BCUT2D eigenvalue weighted by Crippen LogP contribution is 2.18. The molecule has 0 radical (unpaired) electrons. The maximum Gasteiger partial charge on any atom is 0.240 e. The first-order valence-corrected chi connectivity index (χ1v) is 9.39. The van der Waals surface area contributed by atoms with E-state index >= 15 is 0 Å². The molecule has 0 aliphatic carbocycles. The summed E-state index contributed by atoms with van der Waals surface area (Å²) in [6.07, 6.45) is -1.21. The maximum absolute atomic E-state index is 12.2. The molecule has 2 atom stereocenters. The van der Waals surface area contributed by atoms with Gasteiger partial charge in [-0.2, -0.15) is 0 Å². The molecule has 1 saturated heterocycles. The number of sulfonamides is 1. The summed E-state index contributed by atoms with van der Waals surface area (Å²) in [6, 6.07) is 3.67. The van der Waals surface area contributed by atoms with Gasteiger partial charge >= 0.3 is 0 Å². The zero-order valence-electron chi connectivity index (χ0n) is 11.2. The van der Waals surface area contributed by atoms with Crippen molar-refractivity contribution in [2.24, 2.45) is 0 Å². The molecular weight excluding hydrogens is 302 g/mol. The third-order valence-corrected chi connectivity index (χ3v) is 6.62. The molecule has 0 unspecified atom stereocenters. The van der Waals surface area contributed by atoms with Crippen LogP contribution in [0.25, 0.3) is 0 Å². The Bertz CT molecular complexity index is 724. The predicted molar refractivity (Wildman–Crippen MR) is 74.7 cm³/mol. The number of aliphatic hydroxyl groups is 1. The van der Waals surface area contributed by atoms with Gasteiger partial charge in [-0.1, -0.05) is 6.07 Å². The molecule has 1 aromatic carbocycles. The van der Waals surface area contributed by atoms with Gasteiger partial charge in [-0.05, 0) is 37.1 Å². The first kappa shape index (κ1) is 15.4. The lowest BCUT2D eigenvalue weighted by Gasteiger charge is -2.15. The van der Waals surface area contributed by atoms with Gasteiger partial charge in [0.25, 0.3) is 0 Å². The van der Waals surface area contributed by atoms with E-state index in [1.165, 1.54) is 12.1 Å². The lowest BCUT2D eigenvalue weighted by atomic mass is 10.1. The number of hydrogen-bond acceptors (Lipinski definition) is 5. The van der Waals surface area contributed by atoms with Crippen molar-refractivity contribution in [1.82, 2.24) is 4.72 Å². The Morgan fingerprint density at radius 2 is 1.85 bits per heavy atom. The lowest BCUT2D eigenvalue weighted by molar-refractivity contribution is 0.176. The zero-order valence-corrected chi connectivity index (χ0v) is 12.8. The van der Waals surface area contributed by atoms with Gasteiger partial charge in [0, 0.05) is 0 Å². The standard InChI is InChI=1S/C12H17NO5S2/c1-8-3-4-10(5-9(8)2)20(17,18)13-11-6-19(15,16)7-12(11)14/h3-5,11-14H,6-7H2,1-2H3/t11-,12+/m1/s1. The average Bonchev–Trinajstić information content (AvgIpc) is 2.54. The van der Waals surface area contributed by atoms with Crippen molar-refractivity contribution in [3.63, 3.8) is 0 Å². The first-order chi connectivity index (χ1) is 9.11. The minimum absolute atomic E-state index is 0.0668. The van der Waals surface area contributed by atoms with Crippen molar-refractivity contribution in [3.8, 4) is 0 Å². The van der Waals surface area contributed by atoms with E-state index < -0.39 is 37.8 Å². The summed E-state index contributed by atoms with van der Waals surface area (Å²) in [5.41, 5.74) is 1.79. The fraction of sp³-hybridized carbons (Fsp3) is 0.500. The van der Waals surface area contributed by atoms with E-state index in [0.29, 0.717) is 0 Å². The summed E-state index contributed by atoms with van der Waals surface area (Å²) >= 11 is 0. The second-order valence-corrected chi connectivity index (χ2v) is 8.99. The van der Waals surface area contributed by atoms with Crippen LogP contribution in [-0.4, -0.2) is 45.6 Å². The van der Waals surface area contributed by atoms with Crippen LogP contribution >= 0.6 is 0 Å². The number of hydrogen-bond donors (Lipinski definition) is 2. The number of rotatable bonds is 3. The van der Waals surface area contributed by atoms with Crippen molar-refractivity contribution < 1.29 is 21.9 Å². The van der Waals surface area contributed by atoms with E-state index in [0.717, 1.165) is 11.1 Å². The molecule has 8 heteroatoms. The molecule has 0 saturated carbocycles. The number of nitrogens with one attached hydrogen (secondary N) is 1. The average molecular weight is 319 g/mol. The van der Waals surface area contributed by atoms with E-state index in [2.05, 4.69) is 4.72 Å². The summed E-state index contributed by atoms with van der Waals surface area (Å²) in [6.45, 7) is 3.66. The second kappa shape index (κ2) is 5.10.